The van der Waals surface area contributed by atoms with Gasteiger partial charge in [0.15, 0.2) is 11.5 Å². The van der Waals surface area contributed by atoms with Crippen molar-refractivity contribution in [2.24, 2.45) is 0 Å². The molecule has 0 radical (unpaired) electrons. The molecule has 1 aliphatic heterocycles. The number of carbonyl (C=O) groups is 2. The summed E-state index contributed by atoms with van der Waals surface area (Å²) in [7, 11) is 3.00. The summed E-state index contributed by atoms with van der Waals surface area (Å²) in [4.78, 5) is 23.9. The SMILES string of the molecule is COc1ccc(-c2nocc2C=C(Cc2cc3c(cc2OC)OCO3)C(=O)O)c(OCc2ccccc2C(=O)O)c1. The third kappa shape index (κ3) is 5.78. The van der Waals surface area contributed by atoms with Crippen LogP contribution in [0.3, 0.4) is 0 Å². The number of aromatic nitrogens is 1. The van der Waals surface area contributed by atoms with Gasteiger partial charge in [-0.25, -0.2) is 9.59 Å². The third-order valence-electron chi connectivity index (χ3n) is 6.43. The van der Waals surface area contributed by atoms with Gasteiger partial charge in [0.25, 0.3) is 0 Å². The maximum absolute atomic E-state index is 12.3. The molecule has 0 spiro atoms. The molecule has 0 fully saturated rings. The van der Waals surface area contributed by atoms with Gasteiger partial charge in [0.1, 0.15) is 35.8 Å². The molecule has 0 aliphatic carbocycles. The zero-order chi connectivity index (χ0) is 28.9. The number of methoxy groups -OCH3 is 2. The van der Waals surface area contributed by atoms with Gasteiger partial charge in [-0.3, -0.25) is 0 Å². The Morgan fingerprint density at radius 1 is 0.951 bits per heavy atom. The standard InChI is InChI=1S/C30H25NO10/c1-36-21-7-8-23(25(12-21)38-14-17-5-3-4-6-22(17)30(34)35)28-20(15-41-31-28)10-19(29(32)33)9-18-11-26-27(40-16-39-26)13-24(18)37-2/h3-8,10-13,15H,9,14,16H2,1-2H3,(H,32,33)(H,34,35). The van der Waals surface area contributed by atoms with Crippen molar-refractivity contribution in [2.75, 3.05) is 21.0 Å². The van der Waals surface area contributed by atoms with Crippen molar-refractivity contribution < 1.29 is 48.0 Å². The highest BCUT2D eigenvalue weighted by Gasteiger charge is 2.22. The summed E-state index contributed by atoms with van der Waals surface area (Å²) in [5, 5.41) is 23.7. The molecule has 0 unspecified atom stereocenters. The van der Waals surface area contributed by atoms with Crippen LogP contribution in [0, 0.1) is 0 Å². The van der Waals surface area contributed by atoms with E-state index in [1.165, 1.54) is 32.6 Å². The summed E-state index contributed by atoms with van der Waals surface area (Å²) in [5.41, 5.74) is 2.43. The van der Waals surface area contributed by atoms with Crippen LogP contribution in [0.5, 0.6) is 28.7 Å². The predicted molar refractivity (Wildman–Crippen MR) is 145 cm³/mol. The van der Waals surface area contributed by atoms with E-state index in [1.54, 1.807) is 48.5 Å². The van der Waals surface area contributed by atoms with Crippen LogP contribution in [-0.4, -0.2) is 48.3 Å². The Kier molecular flexibility index (Phi) is 7.77. The highest BCUT2D eigenvalue weighted by atomic mass is 16.7. The number of hydrogen-bond acceptors (Lipinski definition) is 9. The average molecular weight is 560 g/mol. The first-order valence-corrected chi connectivity index (χ1v) is 12.3. The number of benzene rings is 3. The summed E-state index contributed by atoms with van der Waals surface area (Å²) < 4.78 is 32.9. The fourth-order valence-electron chi connectivity index (χ4n) is 4.38. The Morgan fingerprint density at radius 3 is 2.46 bits per heavy atom. The monoisotopic (exact) mass is 559 g/mol. The number of aliphatic carboxylic acids is 1. The fraction of sp³-hybridized carbons (Fsp3) is 0.167. The molecule has 0 saturated heterocycles. The van der Waals surface area contributed by atoms with Crippen LogP contribution in [0.15, 0.2) is 71.0 Å². The number of aromatic carboxylic acids is 1. The summed E-state index contributed by atoms with van der Waals surface area (Å²) in [6.07, 6.45) is 2.81. The van der Waals surface area contributed by atoms with Crippen LogP contribution in [0.4, 0.5) is 0 Å². The van der Waals surface area contributed by atoms with Gasteiger partial charge < -0.3 is 38.4 Å². The van der Waals surface area contributed by atoms with Gasteiger partial charge >= 0.3 is 11.9 Å². The van der Waals surface area contributed by atoms with Crippen LogP contribution in [-0.2, 0) is 17.8 Å². The van der Waals surface area contributed by atoms with Gasteiger partial charge in [0.05, 0.1) is 19.8 Å². The molecule has 41 heavy (non-hydrogen) atoms. The second kappa shape index (κ2) is 11.7. The Labute approximate surface area is 234 Å². The number of hydrogen-bond donors (Lipinski definition) is 2. The number of nitrogens with zero attached hydrogens (tertiary/aromatic N) is 1. The lowest BCUT2D eigenvalue weighted by atomic mass is 9.99. The molecule has 0 bridgehead atoms. The molecule has 11 nitrogen and oxygen atoms in total. The normalized spacial score (nSPS) is 12.2. The number of ether oxygens (including phenoxy) is 5. The van der Waals surface area contributed by atoms with Crippen molar-refractivity contribution in [2.45, 2.75) is 13.0 Å². The van der Waals surface area contributed by atoms with E-state index in [4.69, 9.17) is 28.2 Å². The molecule has 1 aliphatic rings. The van der Waals surface area contributed by atoms with Crippen LogP contribution >= 0.6 is 0 Å². The Balaban J connectivity index is 1.49. The Morgan fingerprint density at radius 2 is 1.73 bits per heavy atom. The van der Waals surface area contributed by atoms with Crippen LogP contribution in [0.2, 0.25) is 0 Å². The fourth-order valence-corrected chi connectivity index (χ4v) is 4.38. The third-order valence-corrected chi connectivity index (χ3v) is 6.43. The van der Waals surface area contributed by atoms with E-state index < -0.39 is 11.9 Å². The maximum atomic E-state index is 12.3. The second-order valence-electron chi connectivity index (χ2n) is 8.90. The molecule has 5 rings (SSSR count). The lowest BCUT2D eigenvalue weighted by Gasteiger charge is -2.14. The van der Waals surface area contributed by atoms with E-state index in [2.05, 4.69) is 5.16 Å². The van der Waals surface area contributed by atoms with Gasteiger partial charge in [-0.15, -0.1) is 0 Å². The molecule has 0 atom stereocenters. The molecule has 4 aromatic rings. The van der Waals surface area contributed by atoms with Gasteiger partial charge in [-0.2, -0.15) is 0 Å². The first-order valence-electron chi connectivity index (χ1n) is 12.3. The highest BCUT2D eigenvalue weighted by Crippen LogP contribution is 2.40. The van der Waals surface area contributed by atoms with Gasteiger partial charge in [0, 0.05) is 46.4 Å². The van der Waals surface area contributed by atoms with Gasteiger partial charge in [-0.1, -0.05) is 23.4 Å². The highest BCUT2D eigenvalue weighted by molar-refractivity contribution is 5.94. The second-order valence-corrected chi connectivity index (χ2v) is 8.90. The summed E-state index contributed by atoms with van der Waals surface area (Å²) in [5.74, 6) is 0.0953. The Hall–Kier alpha value is -5.45. The summed E-state index contributed by atoms with van der Waals surface area (Å²) in [6, 6.07) is 14.9. The van der Waals surface area contributed by atoms with Crippen molar-refractivity contribution in [1.82, 2.24) is 5.16 Å². The first kappa shape index (κ1) is 27.1. The van der Waals surface area contributed by atoms with Gasteiger partial charge in [0.2, 0.25) is 6.79 Å². The summed E-state index contributed by atoms with van der Waals surface area (Å²) >= 11 is 0. The zero-order valence-corrected chi connectivity index (χ0v) is 22.1. The van der Waals surface area contributed by atoms with Crippen molar-refractivity contribution >= 4 is 18.0 Å². The van der Waals surface area contributed by atoms with Crippen LogP contribution < -0.4 is 23.7 Å². The zero-order valence-electron chi connectivity index (χ0n) is 22.1. The molecule has 3 aromatic carbocycles. The minimum atomic E-state index is -1.15. The first-order chi connectivity index (χ1) is 19.9. The van der Waals surface area contributed by atoms with E-state index >= 15 is 0 Å². The van der Waals surface area contributed by atoms with E-state index in [0.29, 0.717) is 56.7 Å². The molecule has 0 amide bonds. The molecule has 1 aromatic heterocycles. The van der Waals surface area contributed by atoms with Gasteiger partial charge in [-0.05, 0) is 30.3 Å². The topological polar surface area (TPSA) is 147 Å². The molecule has 2 N–H and O–H groups in total. The molecule has 11 heteroatoms. The number of carboxylic acids is 2. The Bertz CT molecular complexity index is 1640. The lowest BCUT2D eigenvalue weighted by molar-refractivity contribution is -0.132. The minimum Gasteiger partial charge on any atom is -0.497 e. The largest absolute Gasteiger partial charge is 0.497 e. The van der Waals surface area contributed by atoms with Crippen LogP contribution in [0.25, 0.3) is 17.3 Å². The van der Waals surface area contributed by atoms with E-state index in [1.807, 2.05) is 0 Å². The molecular weight excluding hydrogens is 534 g/mol. The lowest BCUT2D eigenvalue weighted by Crippen LogP contribution is -2.06. The van der Waals surface area contributed by atoms with Crippen molar-refractivity contribution in [3.05, 3.63) is 88.7 Å². The molecule has 0 saturated carbocycles. The molecule has 210 valence electrons. The van der Waals surface area contributed by atoms with Crippen molar-refractivity contribution in [3.63, 3.8) is 0 Å². The van der Waals surface area contributed by atoms with E-state index in [-0.39, 0.29) is 31.0 Å². The summed E-state index contributed by atoms with van der Waals surface area (Å²) in [6.45, 7) is 0.0255. The smallest absolute Gasteiger partial charge is 0.336 e. The predicted octanol–water partition coefficient (Wildman–Crippen LogP) is 5.08. The van der Waals surface area contributed by atoms with E-state index in [9.17, 15) is 19.8 Å². The number of carboxylic acid groups (broad SMARTS) is 2. The number of rotatable bonds is 11. The quantitative estimate of drug-likeness (QED) is 0.237. The van der Waals surface area contributed by atoms with Crippen molar-refractivity contribution in [3.8, 4) is 40.0 Å². The van der Waals surface area contributed by atoms with E-state index in [0.717, 1.165) is 0 Å². The molecule has 2 heterocycles. The number of fused-ring (bicyclic) bond motifs is 1. The average Bonchev–Trinajstić information content (AvgIpc) is 3.64. The molecular formula is C30H25NO10. The maximum Gasteiger partial charge on any atom is 0.336 e. The van der Waals surface area contributed by atoms with Crippen LogP contribution in [0.1, 0.15) is 27.0 Å². The minimum absolute atomic E-state index is 0.0116. The van der Waals surface area contributed by atoms with Crippen molar-refractivity contribution in [1.29, 1.82) is 0 Å².